The Morgan fingerprint density at radius 2 is 2.00 bits per heavy atom. The van der Waals surface area contributed by atoms with Gasteiger partial charge in [-0.05, 0) is 51.2 Å². The van der Waals surface area contributed by atoms with E-state index in [0.29, 0.717) is 22.2 Å². The van der Waals surface area contributed by atoms with Crippen LogP contribution in [0, 0.1) is 6.92 Å². The number of hydrogen-bond donors (Lipinski definition) is 1. The number of aromatic amines is 1. The summed E-state index contributed by atoms with van der Waals surface area (Å²) < 4.78 is 28.3. The molecule has 0 spiro atoms. The highest BCUT2D eigenvalue weighted by atomic mass is 32.2. The molecule has 6 nitrogen and oxygen atoms in total. The van der Waals surface area contributed by atoms with E-state index in [2.05, 4.69) is 9.97 Å². The molecule has 1 aliphatic carbocycles. The van der Waals surface area contributed by atoms with Crippen LogP contribution in [-0.2, 0) is 20.1 Å². The van der Waals surface area contributed by atoms with Gasteiger partial charge < -0.3 is 4.98 Å². The largest absolute Gasteiger partial charge is 0.309 e. The van der Waals surface area contributed by atoms with Gasteiger partial charge in [-0.3, -0.25) is 8.98 Å². The molecular weight excluding hydrogens is 372 g/mol. The minimum Gasteiger partial charge on any atom is -0.309 e. The number of fused-ring (bicyclic) bond motifs is 1. The molecule has 1 heterocycles. The molecule has 0 bridgehead atoms. The number of H-pyrrole nitrogens is 1. The summed E-state index contributed by atoms with van der Waals surface area (Å²) in [6.45, 7) is 3.55. The second-order valence-electron chi connectivity index (χ2n) is 6.64. The van der Waals surface area contributed by atoms with Gasteiger partial charge in [-0.2, -0.15) is 20.2 Å². The third-order valence-electron chi connectivity index (χ3n) is 4.70. The van der Waals surface area contributed by atoms with Crippen molar-refractivity contribution in [3.8, 4) is 0 Å². The van der Waals surface area contributed by atoms with Gasteiger partial charge in [0.25, 0.3) is 15.7 Å². The number of nitrogens with zero attached hydrogens (tertiary/aromatic N) is 1. The molecule has 26 heavy (non-hydrogen) atoms. The molecule has 1 N–H and O–H groups in total. The minimum atomic E-state index is -3.38. The molecule has 0 aliphatic heterocycles. The number of nitrogens with one attached hydrogen (secondary N) is 1. The predicted octanol–water partition coefficient (Wildman–Crippen LogP) is 3.14. The Bertz CT molecular complexity index is 932. The van der Waals surface area contributed by atoms with Crippen molar-refractivity contribution in [1.29, 1.82) is 0 Å². The number of hydrogen-bond acceptors (Lipinski definition) is 6. The summed E-state index contributed by atoms with van der Waals surface area (Å²) in [6.07, 6.45) is 3.12. The van der Waals surface area contributed by atoms with Crippen LogP contribution in [0.4, 0.5) is 0 Å². The molecular formula is C18H24N2O4S2. The second-order valence-corrected chi connectivity index (χ2v) is 9.81. The van der Waals surface area contributed by atoms with Gasteiger partial charge >= 0.3 is 0 Å². The SMILES string of the molecule is CCS(=O)(=O)OC1CCC(SCc2nc3c(C)cccc3c(=O)[nH]2)CC1. The Hall–Kier alpha value is -1.38. The lowest BCUT2D eigenvalue weighted by Crippen LogP contribution is -2.26. The molecule has 142 valence electrons. The quantitative estimate of drug-likeness (QED) is 0.755. The van der Waals surface area contributed by atoms with Crippen LogP contribution in [0.1, 0.15) is 44.0 Å². The minimum absolute atomic E-state index is 0.0160. The third kappa shape index (κ3) is 4.66. The molecule has 0 unspecified atom stereocenters. The molecule has 1 aromatic heterocycles. The van der Waals surface area contributed by atoms with Gasteiger partial charge in [0.15, 0.2) is 0 Å². The van der Waals surface area contributed by atoms with Gasteiger partial charge in [-0.25, -0.2) is 4.98 Å². The lowest BCUT2D eigenvalue weighted by Gasteiger charge is -2.27. The molecule has 0 amide bonds. The maximum Gasteiger partial charge on any atom is 0.267 e. The Morgan fingerprint density at radius 1 is 1.27 bits per heavy atom. The zero-order valence-electron chi connectivity index (χ0n) is 15.0. The number of rotatable bonds is 6. The first-order chi connectivity index (χ1) is 12.4. The third-order valence-corrected chi connectivity index (χ3v) is 7.36. The van der Waals surface area contributed by atoms with E-state index in [0.717, 1.165) is 36.8 Å². The number of aryl methyl sites for hydroxylation is 1. The van der Waals surface area contributed by atoms with E-state index in [1.165, 1.54) is 0 Å². The molecule has 0 radical (unpaired) electrons. The van der Waals surface area contributed by atoms with Crippen LogP contribution in [0.25, 0.3) is 10.9 Å². The van der Waals surface area contributed by atoms with Crippen molar-refractivity contribution in [3.63, 3.8) is 0 Å². The van der Waals surface area contributed by atoms with Gasteiger partial charge in [0.1, 0.15) is 5.82 Å². The van der Waals surface area contributed by atoms with Gasteiger partial charge in [0.05, 0.1) is 28.5 Å². The highest BCUT2D eigenvalue weighted by molar-refractivity contribution is 7.99. The number of para-hydroxylation sites is 1. The van der Waals surface area contributed by atoms with Crippen molar-refractivity contribution in [3.05, 3.63) is 39.9 Å². The Morgan fingerprint density at radius 3 is 2.69 bits per heavy atom. The normalized spacial score (nSPS) is 21.2. The van der Waals surface area contributed by atoms with Crippen LogP contribution < -0.4 is 5.56 Å². The number of aromatic nitrogens is 2. The summed E-state index contributed by atoms with van der Waals surface area (Å²) in [7, 11) is -3.38. The molecule has 1 fully saturated rings. The van der Waals surface area contributed by atoms with Crippen molar-refractivity contribution < 1.29 is 12.6 Å². The smallest absolute Gasteiger partial charge is 0.267 e. The molecule has 0 atom stereocenters. The summed E-state index contributed by atoms with van der Waals surface area (Å²) in [6, 6.07) is 5.61. The van der Waals surface area contributed by atoms with Crippen LogP contribution in [0.15, 0.2) is 23.0 Å². The lowest BCUT2D eigenvalue weighted by atomic mass is 9.97. The van der Waals surface area contributed by atoms with Crippen LogP contribution in [0.2, 0.25) is 0 Å². The summed E-state index contributed by atoms with van der Waals surface area (Å²) in [5, 5.41) is 1.05. The summed E-state index contributed by atoms with van der Waals surface area (Å²) in [4.78, 5) is 19.7. The zero-order chi connectivity index (χ0) is 18.7. The molecule has 8 heteroatoms. The van der Waals surface area contributed by atoms with E-state index in [-0.39, 0.29) is 17.4 Å². The monoisotopic (exact) mass is 396 g/mol. The van der Waals surface area contributed by atoms with Gasteiger partial charge in [0, 0.05) is 5.25 Å². The fourth-order valence-electron chi connectivity index (χ4n) is 3.19. The number of benzene rings is 1. The van der Waals surface area contributed by atoms with Crippen molar-refractivity contribution in [2.75, 3.05) is 5.75 Å². The fourth-order valence-corrected chi connectivity index (χ4v) is 5.07. The number of thioether (sulfide) groups is 1. The second kappa shape index (κ2) is 8.10. The lowest BCUT2D eigenvalue weighted by molar-refractivity contribution is 0.164. The van der Waals surface area contributed by atoms with E-state index in [4.69, 9.17) is 4.18 Å². The molecule has 1 aliphatic rings. The first-order valence-electron chi connectivity index (χ1n) is 8.89. The van der Waals surface area contributed by atoms with Crippen LogP contribution in [0.3, 0.4) is 0 Å². The van der Waals surface area contributed by atoms with Crippen molar-refractivity contribution in [2.24, 2.45) is 0 Å². The Balaban J connectivity index is 1.58. The van der Waals surface area contributed by atoms with Gasteiger partial charge in [-0.15, -0.1) is 0 Å². The first kappa shape index (κ1) is 19.4. The zero-order valence-corrected chi connectivity index (χ0v) is 16.7. The average molecular weight is 397 g/mol. The summed E-state index contributed by atoms with van der Waals surface area (Å²) in [5.41, 5.74) is 1.65. The van der Waals surface area contributed by atoms with E-state index < -0.39 is 10.1 Å². The van der Waals surface area contributed by atoms with Crippen LogP contribution >= 0.6 is 11.8 Å². The predicted molar refractivity (Wildman–Crippen MR) is 105 cm³/mol. The van der Waals surface area contributed by atoms with E-state index in [1.54, 1.807) is 24.8 Å². The maximum absolute atomic E-state index is 12.2. The Kier molecular flexibility index (Phi) is 6.04. The van der Waals surface area contributed by atoms with E-state index >= 15 is 0 Å². The standard InChI is InChI=1S/C18H24N2O4S2/c1-3-26(22,23)24-13-7-9-14(10-8-13)25-11-16-19-17-12(2)5-4-6-15(17)18(21)20-16/h4-6,13-14H,3,7-11H2,1-2H3,(H,19,20,21). The van der Waals surface area contributed by atoms with Crippen molar-refractivity contribution in [2.45, 2.75) is 56.6 Å². The topological polar surface area (TPSA) is 89.1 Å². The molecule has 0 saturated heterocycles. The van der Waals surface area contributed by atoms with Crippen LogP contribution in [0.5, 0.6) is 0 Å². The highest BCUT2D eigenvalue weighted by Gasteiger charge is 2.25. The molecule has 1 aromatic carbocycles. The Labute approximate surface area is 157 Å². The van der Waals surface area contributed by atoms with E-state index in [9.17, 15) is 13.2 Å². The van der Waals surface area contributed by atoms with Crippen molar-refractivity contribution in [1.82, 2.24) is 9.97 Å². The van der Waals surface area contributed by atoms with Gasteiger partial charge in [-0.1, -0.05) is 12.1 Å². The van der Waals surface area contributed by atoms with E-state index in [1.807, 2.05) is 19.1 Å². The average Bonchev–Trinajstić information content (AvgIpc) is 2.62. The molecule has 2 aromatic rings. The summed E-state index contributed by atoms with van der Waals surface area (Å²) >= 11 is 1.76. The molecule has 3 rings (SSSR count). The maximum atomic E-state index is 12.2. The van der Waals surface area contributed by atoms with Crippen molar-refractivity contribution >= 4 is 32.8 Å². The van der Waals surface area contributed by atoms with Gasteiger partial charge in [0.2, 0.25) is 0 Å². The highest BCUT2D eigenvalue weighted by Crippen LogP contribution is 2.32. The fraction of sp³-hybridized carbons (Fsp3) is 0.556. The summed E-state index contributed by atoms with van der Waals surface area (Å²) in [5.74, 6) is 1.35. The molecule has 1 saturated carbocycles. The van der Waals surface area contributed by atoms with Crippen LogP contribution in [-0.4, -0.2) is 35.5 Å². The first-order valence-corrected chi connectivity index (χ1v) is 11.5.